The van der Waals surface area contributed by atoms with Crippen LogP contribution >= 0.6 is 0 Å². The Balaban J connectivity index is 1.35. The molecule has 0 bridgehead atoms. The van der Waals surface area contributed by atoms with Gasteiger partial charge >= 0.3 is 0 Å². The number of aromatic nitrogens is 4. The molecule has 3 heterocycles. The molecule has 3 aromatic rings. The van der Waals surface area contributed by atoms with Gasteiger partial charge in [0.15, 0.2) is 5.65 Å². The van der Waals surface area contributed by atoms with Crippen molar-refractivity contribution in [3.05, 3.63) is 36.0 Å². The van der Waals surface area contributed by atoms with Crippen molar-refractivity contribution in [2.75, 3.05) is 50.0 Å². The number of imidazole rings is 1. The number of benzene rings is 1. The molecular weight excluding hydrogens is 568 g/mol. The molecule has 13 heteroatoms. The van der Waals surface area contributed by atoms with Crippen LogP contribution in [0, 0.1) is 17.6 Å². The van der Waals surface area contributed by atoms with Gasteiger partial charge in [-0.15, -0.1) is 0 Å². The van der Waals surface area contributed by atoms with Gasteiger partial charge in [0.2, 0.25) is 17.8 Å². The molecule has 11 nitrogen and oxygen atoms in total. The second-order valence-electron chi connectivity index (χ2n) is 12.1. The summed E-state index contributed by atoms with van der Waals surface area (Å²) in [5, 5.41) is 15.7. The smallest absolute Gasteiger partial charge is 0.225 e. The average molecular weight is 614 g/mol. The summed E-state index contributed by atoms with van der Waals surface area (Å²) < 4.78 is 30.3. The molecule has 1 aromatic carbocycles. The zero-order chi connectivity index (χ0) is 31.2. The number of piperazine rings is 1. The SMILES string of the molecule is CC[C@@H](N)CC[C@@H](C)Nc1ncc2nc(Nc3ccc(F)cc3F)n([C@H]3CC[C@@H](C(=O)N4CCN(CCO)CC4)CC3)c2n1. The van der Waals surface area contributed by atoms with E-state index < -0.39 is 11.6 Å². The lowest BCUT2D eigenvalue weighted by Crippen LogP contribution is -2.51. The van der Waals surface area contributed by atoms with Crippen LogP contribution in [0.5, 0.6) is 0 Å². The minimum absolute atomic E-state index is 0.0285. The molecule has 0 unspecified atom stereocenters. The van der Waals surface area contributed by atoms with Gasteiger partial charge in [0.1, 0.15) is 17.2 Å². The lowest BCUT2D eigenvalue weighted by Gasteiger charge is -2.38. The first-order valence-corrected chi connectivity index (χ1v) is 15.9. The van der Waals surface area contributed by atoms with Crippen LogP contribution in [0.2, 0.25) is 0 Å². The predicted octanol–water partition coefficient (Wildman–Crippen LogP) is 4.03. The van der Waals surface area contributed by atoms with Crippen molar-refractivity contribution in [3.63, 3.8) is 0 Å². The topological polar surface area (TPSA) is 137 Å². The van der Waals surface area contributed by atoms with E-state index in [-0.39, 0.29) is 42.2 Å². The number of hydrogen-bond donors (Lipinski definition) is 4. The van der Waals surface area contributed by atoms with Crippen molar-refractivity contribution in [2.24, 2.45) is 11.7 Å². The Bertz CT molecular complexity index is 1400. The van der Waals surface area contributed by atoms with Crippen LogP contribution in [-0.2, 0) is 4.79 Å². The molecule has 0 spiro atoms. The van der Waals surface area contributed by atoms with Gasteiger partial charge in [-0.1, -0.05) is 6.92 Å². The van der Waals surface area contributed by atoms with Gasteiger partial charge in [-0.25, -0.2) is 18.7 Å². The van der Waals surface area contributed by atoms with Crippen molar-refractivity contribution in [2.45, 2.75) is 76.9 Å². The maximum absolute atomic E-state index is 14.7. The van der Waals surface area contributed by atoms with Gasteiger partial charge in [0.25, 0.3) is 0 Å². The van der Waals surface area contributed by atoms with Gasteiger partial charge in [-0.05, 0) is 64.0 Å². The largest absolute Gasteiger partial charge is 0.395 e. The van der Waals surface area contributed by atoms with Crippen LogP contribution in [0.1, 0.15) is 64.8 Å². The zero-order valence-corrected chi connectivity index (χ0v) is 25.7. The molecule has 0 radical (unpaired) electrons. The van der Waals surface area contributed by atoms with E-state index in [4.69, 9.17) is 15.7 Å². The highest BCUT2D eigenvalue weighted by Gasteiger charge is 2.33. The van der Waals surface area contributed by atoms with Crippen molar-refractivity contribution < 1.29 is 18.7 Å². The van der Waals surface area contributed by atoms with E-state index in [0.717, 1.165) is 64.1 Å². The number of carbonyl (C=O) groups is 1. The molecule has 1 aliphatic carbocycles. The summed E-state index contributed by atoms with van der Waals surface area (Å²) in [5.74, 6) is -0.369. The molecule has 1 saturated carbocycles. The second-order valence-corrected chi connectivity index (χ2v) is 12.1. The zero-order valence-electron chi connectivity index (χ0n) is 25.7. The van der Waals surface area contributed by atoms with Gasteiger partial charge in [-0.2, -0.15) is 4.98 Å². The van der Waals surface area contributed by atoms with E-state index >= 15 is 0 Å². The van der Waals surface area contributed by atoms with Crippen LogP contribution in [0.4, 0.5) is 26.4 Å². The lowest BCUT2D eigenvalue weighted by molar-refractivity contribution is -0.138. The molecule has 1 saturated heterocycles. The molecule has 240 valence electrons. The summed E-state index contributed by atoms with van der Waals surface area (Å²) in [6, 6.07) is 3.63. The molecular formula is C31H45F2N9O2. The number of aliphatic hydroxyl groups excluding tert-OH is 1. The number of nitrogens with one attached hydrogen (secondary N) is 2. The molecule has 44 heavy (non-hydrogen) atoms. The number of hydrogen-bond acceptors (Lipinski definition) is 9. The number of aliphatic hydroxyl groups is 1. The van der Waals surface area contributed by atoms with Crippen molar-refractivity contribution in [3.8, 4) is 0 Å². The van der Waals surface area contributed by atoms with Crippen LogP contribution in [0.3, 0.4) is 0 Å². The molecule has 2 aromatic heterocycles. The first-order valence-electron chi connectivity index (χ1n) is 15.9. The molecule has 2 aliphatic rings. The quantitative estimate of drug-likeness (QED) is 0.239. The molecule has 5 rings (SSSR count). The summed E-state index contributed by atoms with van der Waals surface area (Å²) in [4.78, 5) is 31.5. The molecule has 5 N–H and O–H groups in total. The van der Waals surface area contributed by atoms with Gasteiger partial charge < -0.3 is 26.4 Å². The molecule has 1 aliphatic heterocycles. The average Bonchev–Trinajstić information content (AvgIpc) is 3.38. The van der Waals surface area contributed by atoms with E-state index in [1.54, 1.807) is 6.20 Å². The first-order chi connectivity index (χ1) is 21.2. The Kier molecular flexibility index (Phi) is 10.6. The molecule has 1 amide bonds. The van der Waals surface area contributed by atoms with E-state index in [0.29, 0.717) is 42.7 Å². The number of β-amino-alcohol motifs (C(OH)–C–C–N with tert-alkyl or cyclic N) is 1. The fraction of sp³-hybridized carbons (Fsp3) is 0.613. The number of anilines is 3. The molecule has 2 atom stereocenters. The minimum atomic E-state index is -0.718. The highest BCUT2D eigenvalue weighted by atomic mass is 19.1. The Morgan fingerprint density at radius 1 is 1.11 bits per heavy atom. The minimum Gasteiger partial charge on any atom is -0.395 e. The third kappa shape index (κ3) is 7.62. The van der Waals surface area contributed by atoms with Crippen LogP contribution in [0.25, 0.3) is 11.2 Å². The second kappa shape index (κ2) is 14.6. The number of carbonyl (C=O) groups excluding carboxylic acids is 1. The first kappa shape index (κ1) is 32.0. The van der Waals surface area contributed by atoms with Crippen molar-refractivity contribution >= 4 is 34.7 Å². The highest BCUT2D eigenvalue weighted by molar-refractivity contribution is 5.79. The Morgan fingerprint density at radius 3 is 2.55 bits per heavy atom. The van der Waals surface area contributed by atoms with Gasteiger partial charge in [0, 0.05) is 62.8 Å². The number of amides is 1. The highest BCUT2D eigenvalue weighted by Crippen LogP contribution is 2.38. The molecule has 2 fully saturated rings. The van der Waals surface area contributed by atoms with Crippen LogP contribution in [-0.4, -0.2) is 91.7 Å². The third-order valence-electron chi connectivity index (χ3n) is 8.99. The fourth-order valence-electron chi connectivity index (χ4n) is 6.24. The fourth-order valence-corrected chi connectivity index (χ4v) is 6.24. The van der Waals surface area contributed by atoms with E-state index in [1.807, 2.05) is 9.47 Å². The summed E-state index contributed by atoms with van der Waals surface area (Å²) in [6.45, 7) is 7.82. The van der Waals surface area contributed by atoms with E-state index in [2.05, 4.69) is 34.4 Å². The third-order valence-corrected chi connectivity index (χ3v) is 8.99. The number of nitrogens with two attached hydrogens (primary N) is 1. The van der Waals surface area contributed by atoms with Crippen LogP contribution in [0.15, 0.2) is 24.4 Å². The number of halogens is 2. The number of nitrogens with zero attached hydrogens (tertiary/aromatic N) is 6. The van der Waals surface area contributed by atoms with Gasteiger partial charge in [-0.3, -0.25) is 14.3 Å². The lowest BCUT2D eigenvalue weighted by atomic mass is 9.85. The van der Waals surface area contributed by atoms with E-state index in [9.17, 15) is 18.7 Å². The predicted molar refractivity (Wildman–Crippen MR) is 167 cm³/mol. The maximum atomic E-state index is 14.7. The number of fused-ring (bicyclic) bond motifs is 1. The summed E-state index contributed by atoms with van der Waals surface area (Å²) in [7, 11) is 0. The Hall–Kier alpha value is -3.42. The maximum Gasteiger partial charge on any atom is 0.225 e. The Labute approximate surface area is 257 Å². The normalized spacial score (nSPS) is 20.9. The Morgan fingerprint density at radius 2 is 1.86 bits per heavy atom. The standard InChI is InChI=1S/C31H45F2N9O2/c1-3-23(34)8-4-20(2)36-30-35-19-27-28(39-30)42(31(38-27)37-26-11-7-22(32)18-25(26)33)24-9-5-21(6-10-24)29(44)41-14-12-40(13-15-41)16-17-43/h7,11,18-21,23-24,43H,3-6,8-10,12-17,34H2,1-2H3,(H,37,38)(H,35,36,39)/t20-,21-,23-,24+/m1/s1. The van der Waals surface area contributed by atoms with E-state index in [1.165, 1.54) is 12.1 Å². The summed E-state index contributed by atoms with van der Waals surface area (Å²) >= 11 is 0. The monoisotopic (exact) mass is 613 g/mol. The summed E-state index contributed by atoms with van der Waals surface area (Å²) in [6.07, 6.45) is 7.24. The van der Waals surface area contributed by atoms with Crippen molar-refractivity contribution in [1.82, 2.24) is 29.3 Å². The number of rotatable bonds is 12. The van der Waals surface area contributed by atoms with Gasteiger partial charge in [0.05, 0.1) is 18.5 Å². The summed E-state index contributed by atoms with van der Waals surface area (Å²) in [5.41, 5.74) is 7.38. The van der Waals surface area contributed by atoms with Crippen LogP contribution < -0.4 is 16.4 Å². The van der Waals surface area contributed by atoms with Crippen molar-refractivity contribution in [1.29, 1.82) is 0 Å².